The summed E-state index contributed by atoms with van der Waals surface area (Å²) in [5.41, 5.74) is 0. The third kappa shape index (κ3) is 6.61. The molecule has 0 saturated heterocycles. The molecule has 1 N–H and O–H groups in total. The SMILES string of the molecule is CCC[CH2][Sn]([CH2]CCC)([CH2]CCC)[S]c1ccc[nH]1. The summed E-state index contributed by atoms with van der Waals surface area (Å²) in [6.07, 6.45) is 10.5. The summed E-state index contributed by atoms with van der Waals surface area (Å²) in [7, 11) is 2.32. The molecular weight excluding hydrogens is 357 g/mol. The number of hydrogen-bond acceptors (Lipinski definition) is 1. The molecule has 0 fully saturated rings. The summed E-state index contributed by atoms with van der Waals surface area (Å²) in [5, 5.41) is 1.44. The molecule has 1 rings (SSSR count). The zero-order valence-corrected chi connectivity index (χ0v) is 16.7. The van der Waals surface area contributed by atoms with Gasteiger partial charge < -0.3 is 0 Å². The molecule has 0 spiro atoms. The molecule has 0 saturated carbocycles. The molecule has 0 aliphatic heterocycles. The number of aromatic amines is 1. The number of hydrogen-bond donors (Lipinski definition) is 1. The summed E-state index contributed by atoms with van der Waals surface area (Å²) in [5.74, 6) is 0. The zero-order valence-electron chi connectivity index (χ0n) is 13.0. The van der Waals surface area contributed by atoms with Crippen molar-refractivity contribution in [2.75, 3.05) is 0 Å². The molecule has 110 valence electrons. The van der Waals surface area contributed by atoms with Crippen LogP contribution in [0.25, 0.3) is 0 Å². The van der Waals surface area contributed by atoms with Gasteiger partial charge in [-0.2, -0.15) is 0 Å². The fraction of sp³-hybridized carbons (Fsp3) is 0.750. The standard InChI is InChI=1S/C4H5NS.3C4H9.Sn/c6-4-2-1-3-5-4;3*1-3-4-2;/h1-3,5-6H;3*1,3-4H2,2H3;/q;;;;+1/p-1. The minimum absolute atomic E-state index is 1.36. The average Bonchev–Trinajstić information content (AvgIpc) is 2.93. The summed E-state index contributed by atoms with van der Waals surface area (Å²) in [4.78, 5) is 3.44. The number of nitrogens with one attached hydrogen (secondary N) is 1. The topological polar surface area (TPSA) is 15.8 Å². The zero-order chi connectivity index (χ0) is 14.0. The minimum atomic E-state index is -2.02. The fourth-order valence-electron chi connectivity index (χ4n) is 2.64. The van der Waals surface area contributed by atoms with Crippen molar-refractivity contribution in [1.29, 1.82) is 0 Å². The van der Waals surface area contributed by atoms with E-state index in [2.05, 4.69) is 53.0 Å². The molecule has 1 aromatic heterocycles. The van der Waals surface area contributed by atoms with Crippen molar-refractivity contribution < 1.29 is 0 Å². The van der Waals surface area contributed by atoms with Gasteiger partial charge in [0.15, 0.2) is 0 Å². The van der Waals surface area contributed by atoms with E-state index in [4.69, 9.17) is 0 Å². The van der Waals surface area contributed by atoms with Gasteiger partial charge in [0, 0.05) is 0 Å². The van der Waals surface area contributed by atoms with Gasteiger partial charge in [-0.15, -0.1) is 0 Å². The van der Waals surface area contributed by atoms with Crippen LogP contribution in [-0.2, 0) is 0 Å². The molecule has 0 aromatic carbocycles. The Balaban J connectivity index is 2.74. The molecule has 1 heterocycles. The van der Waals surface area contributed by atoms with Crippen LogP contribution in [0.1, 0.15) is 59.3 Å². The van der Waals surface area contributed by atoms with E-state index >= 15 is 0 Å². The van der Waals surface area contributed by atoms with Gasteiger partial charge in [-0.1, -0.05) is 0 Å². The van der Waals surface area contributed by atoms with Crippen LogP contribution in [0.3, 0.4) is 0 Å². The first-order valence-electron chi connectivity index (χ1n) is 8.08. The fourth-order valence-corrected chi connectivity index (χ4v) is 25.0. The van der Waals surface area contributed by atoms with Gasteiger partial charge in [0.1, 0.15) is 0 Å². The van der Waals surface area contributed by atoms with Gasteiger partial charge in [-0.25, -0.2) is 0 Å². The van der Waals surface area contributed by atoms with Crippen molar-refractivity contribution >= 4 is 25.9 Å². The Kier molecular flexibility index (Phi) is 9.38. The Hall–Kier alpha value is 0.429. The van der Waals surface area contributed by atoms with Gasteiger partial charge in [-0.3, -0.25) is 0 Å². The number of aromatic nitrogens is 1. The van der Waals surface area contributed by atoms with E-state index in [1.165, 1.54) is 43.6 Å². The van der Waals surface area contributed by atoms with Crippen LogP contribution in [0.5, 0.6) is 0 Å². The van der Waals surface area contributed by atoms with Crippen LogP contribution in [0, 0.1) is 0 Å². The second-order valence-electron chi connectivity index (χ2n) is 5.63. The van der Waals surface area contributed by atoms with Crippen molar-refractivity contribution in [2.45, 2.75) is 77.6 Å². The van der Waals surface area contributed by atoms with E-state index in [0.29, 0.717) is 0 Å². The molecule has 19 heavy (non-hydrogen) atoms. The summed E-state index contributed by atoms with van der Waals surface area (Å²) in [6, 6.07) is 4.43. The Morgan fingerprint density at radius 3 is 1.84 bits per heavy atom. The van der Waals surface area contributed by atoms with E-state index in [-0.39, 0.29) is 0 Å². The van der Waals surface area contributed by atoms with Crippen LogP contribution in [0.4, 0.5) is 0 Å². The van der Waals surface area contributed by atoms with Crippen molar-refractivity contribution in [3.05, 3.63) is 18.3 Å². The first-order valence-corrected chi connectivity index (χ1v) is 18.5. The molecule has 0 amide bonds. The first kappa shape index (κ1) is 17.5. The van der Waals surface area contributed by atoms with Gasteiger partial charge in [0.2, 0.25) is 0 Å². The molecule has 0 radical (unpaired) electrons. The summed E-state index contributed by atoms with van der Waals surface area (Å²) in [6.45, 7) is 7.03. The van der Waals surface area contributed by atoms with Crippen LogP contribution in [0.15, 0.2) is 23.4 Å². The van der Waals surface area contributed by atoms with Crippen LogP contribution >= 0.6 is 8.95 Å². The Morgan fingerprint density at radius 1 is 0.947 bits per heavy atom. The van der Waals surface area contributed by atoms with E-state index in [0.717, 1.165) is 0 Å². The number of unbranched alkanes of at least 4 members (excludes halogenated alkanes) is 3. The average molecular weight is 388 g/mol. The van der Waals surface area contributed by atoms with Crippen LogP contribution in [-0.4, -0.2) is 22.0 Å². The van der Waals surface area contributed by atoms with E-state index in [9.17, 15) is 0 Å². The molecule has 0 bridgehead atoms. The Labute approximate surface area is 126 Å². The second-order valence-corrected chi connectivity index (χ2v) is 24.9. The Morgan fingerprint density at radius 2 is 1.47 bits per heavy atom. The molecule has 0 aliphatic rings. The molecule has 1 aromatic rings. The molecule has 0 unspecified atom stereocenters. The maximum absolute atomic E-state index is 3.44. The molecule has 3 heteroatoms. The number of H-pyrrole nitrogens is 1. The van der Waals surface area contributed by atoms with Crippen molar-refractivity contribution in [3.8, 4) is 0 Å². The molecule has 0 aliphatic carbocycles. The summed E-state index contributed by atoms with van der Waals surface area (Å²) >= 11 is -2.02. The van der Waals surface area contributed by atoms with Gasteiger partial charge >= 0.3 is 127 Å². The number of rotatable bonds is 11. The maximum atomic E-state index is 3.44. The third-order valence-electron chi connectivity index (χ3n) is 3.85. The van der Waals surface area contributed by atoms with Crippen LogP contribution < -0.4 is 0 Å². The van der Waals surface area contributed by atoms with Gasteiger partial charge in [0.05, 0.1) is 0 Å². The normalized spacial score (nSPS) is 11.9. The van der Waals surface area contributed by atoms with Crippen molar-refractivity contribution in [3.63, 3.8) is 0 Å². The first-order chi connectivity index (χ1) is 9.26. The van der Waals surface area contributed by atoms with Crippen molar-refractivity contribution in [1.82, 2.24) is 4.98 Å². The van der Waals surface area contributed by atoms with Gasteiger partial charge in [-0.05, 0) is 0 Å². The molecular formula is C16H31NSSn. The van der Waals surface area contributed by atoms with Crippen molar-refractivity contribution in [2.24, 2.45) is 0 Å². The van der Waals surface area contributed by atoms with E-state index in [1.54, 1.807) is 13.3 Å². The Bertz CT molecular complexity index is 289. The van der Waals surface area contributed by atoms with Crippen LogP contribution in [0.2, 0.25) is 13.3 Å². The predicted octanol–water partition coefficient (Wildman–Crippen LogP) is 6.45. The third-order valence-corrected chi connectivity index (χ3v) is 25.3. The molecule has 1 nitrogen and oxygen atoms in total. The van der Waals surface area contributed by atoms with E-state index in [1.807, 2.05) is 0 Å². The van der Waals surface area contributed by atoms with Gasteiger partial charge in [0.25, 0.3) is 0 Å². The monoisotopic (exact) mass is 389 g/mol. The summed E-state index contributed by atoms with van der Waals surface area (Å²) < 4.78 is 4.73. The molecule has 0 atom stereocenters. The van der Waals surface area contributed by atoms with E-state index < -0.39 is 17.0 Å². The predicted molar refractivity (Wildman–Crippen MR) is 91.5 cm³/mol. The second kappa shape index (κ2) is 10.2. The quantitative estimate of drug-likeness (QED) is 0.431.